The van der Waals surface area contributed by atoms with E-state index < -0.39 is 5.97 Å². The maximum atomic E-state index is 10.8. The van der Waals surface area contributed by atoms with Crippen molar-refractivity contribution in [3.8, 4) is 12.1 Å². The number of nitriles is 2. The molecule has 5 nitrogen and oxygen atoms in total. The molecule has 0 bridgehead atoms. The standard InChI is InChI=1S/C14H9N3O2S/c15-6-9-1-2-11(5-10(9)7-16)17-8-12-3-4-13(20-12)14(18)19/h1-5,17H,8H2,(H,18,19). The first-order valence-corrected chi connectivity index (χ1v) is 6.46. The molecule has 0 saturated heterocycles. The van der Waals surface area contributed by atoms with E-state index in [2.05, 4.69) is 5.32 Å². The second kappa shape index (κ2) is 5.87. The molecule has 0 unspecified atom stereocenters. The van der Waals surface area contributed by atoms with Crippen molar-refractivity contribution in [1.29, 1.82) is 10.5 Å². The summed E-state index contributed by atoms with van der Waals surface area (Å²) in [5, 5.41) is 29.7. The van der Waals surface area contributed by atoms with Crippen LogP contribution in [0.15, 0.2) is 30.3 Å². The smallest absolute Gasteiger partial charge is 0.345 e. The number of hydrogen-bond acceptors (Lipinski definition) is 5. The molecule has 0 aliphatic heterocycles. The Hall–Kier alpha value is -2.83. The number of anilines is 1. The van der Waals surface area contributed by atoms with Gasteiger partial charge in [0, 0.05) is 17.1 Å². The molecule has 1 heterocycles. The van der Waals surface area contributed by atoms with Crippen LogP contribution in [0.3, 0.4) is 0 Å². The van der Waals surface area contributed by atoms with Crippen LogP contribution in [0.1, 0.15) is 25.7 Å². The van der Waals surface area contributed by atoms with Gasteiger partial charge in [-0.3, -0.25) is 0 Å². The van der Waals surface area contributed by atoms with E-state index in [1.54, 1.807) is 30.3 Å². The number of thiophene rings is 1. The number of nitrogens with zero attached hydrogens (tertiary/aromatic N) is 2. The monoisotopic (exact) mass is 283 g/mol. The van der Waals surface area contributed by atoms with Gasteiger partial charge in [0.25, 0.3) is 0 Å². The van der Waals surface area contributed by atoms with Crippen LogP contribution >= 0.6 is 11.3 Å². The number of nitrogens with one attached hydrogen (secondary N) is 1. The zero-order chi connectivity index (χ0) is 14.5. The average molecular weight is 283 g/mol. The molecule has 0 spiro atoms. The molecule has 20 heavy (non-hydrogen) atoms. The van der Waals surface area contributed by atoms with Gasteiger partial charge in [-0.2, -0.15) is 10.5 Å². The van der Waals surface area contributed by atoms with E-state index in [0.717, 1.165) is 4.88 Å². The lowest BCUT2D eigenvalue weighted by Crippen LogP contribution is -1.98. The van der Waals surface area contributed by atoms with Crippen LogP contribution in [-0.2, 0) is 6.54 Å². The molecule has 0 atom stereocenters. The highest BCUT2D eigenvalue weighted by Gasteiger charge is 2.07. The van der Waals surface area contributed by atoms with Gasteiger partial charge >= 0.3 is 5.97 Å². The van der Waals surface area contributed by atoms with Crippen molar-refractivity contribution in [3.05, 3.63) is 51.2 Å². The summed E-state index contributed by atoms with van der Waals surface area (Å²) in [5.41, 5.74) is 1.36. The van der Waals surface area contributed by atoms with Gasteiger partial charge in [-0.1, -0.05) is 0 Å². The summed E-state index contributed by atoms with van der Waals surface area (Å²) in [4.78, 5) is 11.9. The zero-order valence-electron chi connectivity index (χ0n) is 10.3. The number of benzene rings is 1. The highest BCUT2D eigenvalue weighted by molar-refractivity contribution is 7.13. The molecule has 2 aromatic rings. The van der Waals surface area contributed by atoms with Crippen LogP contribution in [0.4, 0.5) is 5.69 Å². The zero-order valence-corrected chi connectivity index (χ0v) is 11.1. The third-order valence-corrected chi connectivity index (χ3v) is 3.67. The fourth-order valence-electron chi connectivity index (χ4n) is 1.62. The van der Waals surface area contributed by atoms with Gasteiger partial charge in [0.1, 0.15) is 17.0 Å². The third-order valence-electron chi connectivity index (χ3n) is 2.60. The predicted molar refractivity (Wildman–Crippen MR) is 74.5 cm³/mol. The third kappa shape index (κ3) is 2.94. The van der Waals surface area contributed by atoms with E-state index >= 15 is 0 Å². The van der Waals surface area contributed by atoms with Crippen LogP contribution in [0.5, 0.6) is 0 Å². The first-order chi connectivity index (χ1) is 9.63. The maximum Gasteiger partial charge on any atom is 0.345 e. The molecule has 2 rings (SSSR count). The number of aromatic carboxylic acids is 1. The average Bonchev–Trinajstić information content (AvgIpc) is 2.94. The quantitative estimate of drug-likeness (QED) is 0.899. The van der Waals surface area contributed by atoms with Crippen molar-refractivity contribution in [2.45, 2.75) is 6.54 Å². The number of carboxylic acid groups (broad SMARTS) is 1. The maximum absolute atomic E-state index is 10.8. The molecule has 1 aromatic carbocycles. The van der Waals surface area contributed by atoms with Gasteiger partial charge in [0.15, 0.2) is 0 Å². The van der Waals surface area contributed by atoms with Crippen molar-refractivity contribution in [2.75, 3.05) is 5.32 Å². The molecule has 0 radical (unpaired) electrons. The normalized spacial score (nSPS) is 9.50. The fraction of sp³-hybridized carbons (Fsp3) is 0.0714. The molecule has 98 valence electrons. The molecule has 6 heteroatoms. The lowest BCUT2D eigenvalue weighted by molar-refractivity contribution is 0.0702. The first kappa shape index (κ1) is 13.6. The Morgan fingerprint density at radius 1 is 1.20 bits per heavy atom. The minimum Gasteiger partial charge on any atom is -0.477 e. The van der Waals surface area contributed by atoms with Crippen LogP contribution in [0.25, 0.3) is 0 Å². The van der Waals surface area contributed by atoms with Gasteiger partial charge in [0.05, 0.1) is 11.1 Å². The predicted octanol–water partition coefficient (Wildman–Crippen LogP) is 2.80. The summed E-state index contributed by atoms with van der Waals surface area (Å²) in [6, 6.07) is 12.1. The lowest BCUT2D eigenvalue weighted by Gasteiger charge is -2.05. The van der Waals surface area contributed by atoms with E-state index in [0.29, 0.717) is 28.2 Å². The molecule has 0 aliphatic carbocycles. The Morgan fingerprint density at radius 3 is 2.55 bits per heavy atom. The SMILES string of the molecule is N#Cc1ccc(NCc2ccc(C(=O)O)s2)cc1C#N. The summed E-state index contributed by atoms with van der Waals surface area (Å²) < 4.78 is 0. The topological polar surface area (TPSA) is 96.9 Å². The van der Waals surface area contributed by atoms with Gasteiger partial charge in [0.2, 0.25) is 0 Å². The van der Waals surface area contributed by atoms with Crippen LogP contribution in [0, 0.1) is 22.7 Å². The molecule has 1 aromatic heterocycles. The summed E-state index contributed by atoms with van der Waals surface area (Å²) in [5.74, 6) is -0.939. The number of carboxylic acids is 1. The van der Waals surface area contributed by atoms with Gasteiger partial charge < -0.3 is 10.4 Å². The van der Waals surface area contributed by atoms with Crippen molar-refractivity contribution in [1.82, 2.24) is 0 Å². The van der Waals surface area contributed by atoms with Gasteiger partial charge in [-0.05, 0) is 30.3 Å². The Labute approximate surface area is 119 Å². The summed E-state index contributed by atoms with van der Waals surface area (Å²) in [7, 11) is 0. The van der Waals surface area contributed by atoms with E-state index in [1.807, 2.05) is 12.1 Å². The largest absolute Gasteiger partial charge is 0.477 e. The van der Waals surface area contributed by atoms with E-state index in [1.165, 1.54) is 11.3 Å². The van der Waals surface area contributed by atoms with Crippen molar-refractivity contribution in [2.24, 2.45) is 0 Å². The number of hydrogen-bond donors (Lipinski definition) is 2. The Morgan fingerprint density at radius 2 is 1.95 bits per heavy atom. The van der Waals surface area contributed by atoms with Crippen LogP contribution < -0.4 is 5.32 Å². The van der Waals surface area contributed by atoms with E-state index in [9.17, 15) is 4.79 Å². The van der Waals surface area contributed by atoms with Crippen molar-refractivity contribution < 1.29 is 9.90 Å². The molecule has 2 N–H and O–H groups in total. The highest BCUT2D eigenvalue weighted by atomic mass is 32.1. The van der Waals surface area contributed by atoms with E-state index in [4.69, 9.17) is 15.6 Å². The minimum absolute atomic E-state index is 0.291. The number of carbonyl (C=O) groups is 1. The van der Waals surface area contributed by atoms with Crippen molar-refractivity contribution in [3.63, 3.8) is 0 Å². The van der Waals surface area contributed by atoms with Crippen LogP contribution in [0.2, 0.25) is 0 Å². The first-order valence-electron chi connectivity index (χ1n) is 5.64. The summed E-state index contributed by atoms with van der Waals surface area (Å²) >= 11 is 1.20. The second-order valence-electron chi connectivity index (χ2n) is 3.91. The molecule has 0 amide bonds. The second-order valence-corrected chi connectivity index (χ2v) is 5.08. The highest BCUT2D eigenvalue weighted by Crippen LogP contribution is 2.19. The molecular weight excluding hydrogens is 274 g/mol. The lowest BCUT2D eigenvalue weighted by atomic mass is 10.1. The Balaban J connectivity index is 2.09. The van der Waals surface area contributed by atoms with Crippen LogP contribution in [-0.4, -0.2) is 11.1 Å². The molecular formula is C14H9N3O2S. The summed E-state index contributed by atoms with van der Waals surface area (Å²) in [6.07, 6.45) is 0. The van der Waals surface area contributed by atoms with Gasteiger partial charge in [-0.15, -0.1) is 11.3 Å². The molecule has 0 saturated carbocycles. The molecule has 0 aliphatic rings. The minimum atomic E-state index is -0.939. The fourth-order valence-corrected chi connectivity index (χ4v) is 2.41. The van der Waals surface area contributed by atoms with Crippen molar-refractivity contribution >= 4 is 23.0 Å². The van der Waals surface area contributed by atoms with E-state index in [-0.39, 0.29) is 0 Å². The molecule has 0 fully saturated rings. The Kier molecular flexibility index (Phi) is 3.99. The van der Waals surface area contributed by atoms with Gasteiger partial charge in [-0.25, -0.2) is 4.79 Å². The summed E-state index contributed by atoms with van der Waals surface area (Å²) in [6.45, 7) is 0.467. The number of rotatable bonds is 4. The Bertz CT molecular complexity index is 738.